The average molecular weight is 538 g/mol. The molecule has 0 saturated carbocycles. The molecule has 4 aromatic rings. The first-order chi connectivity index (χ1) is 19.4. The van der Waals surface area contributed by atoms with E-state index in [4.69, 9.17) is 4.74 Å². The van der Waals surface area contributed by atoms with Crippen molar-refractivity contribution >= 4 is 22.7 Å². The largest absolute Gasteiger partial charge is 0.379 e. The lowest BCUT2D eigenvalue weighted by atomic mass is 9.90. The van der Waals surface area contributed by atoms with Gasteiger partial charge < -0.3 is 19.9 Å². The van der Waals surface area contributed by atoms with Crippen LogP contribution >= 0.6 is 0 Å². The van der Waals surface area contributed by atoms with Crippen molar-refractivity contribution in [3.05, 3.63) is 95.6 Å². The SMILES string of the molecule is CCC(C)C(C(=O)NCCCOC(C)C)N1C(=O)c2ccccc2C1c1c(-c2ccccc2)[nH]c2ccccc12. The Hall–Kier alpha value is -3.90. The van der Waals surface area contributed by atoms with Crippen molar-refractivity contribution in [2.24, 2.45) is 5.92 Å². The summed E-state index contributed by atoms with van der Waals surface area (Å²) in [6.07, 6.45) is 1.64. The van der Waals surface area contributed by atoms with Gasteiger partial charge in [0, 0.05) is 35.2 Å². The topological polar surface area (TPSA) is 74.4 Å². The molecule has 0 spiro atoms. The van der Waals surface area contributed by atoms with Crippen molar-refractivity contribution in [2.45, 2.75) is 58.7 Å². The Morgan fingerprint density at radius 3 is 2.42 bits per heavy atom. The number of aromatic amines is 1. The molecule has 2 amide bonds. The van der Waals surface area contributed by atoms with Gasteiger partial charge in [-0.15, -0.1) is 0 Å². The van der Waals surface area contributed by atoms with Gasteiger partial charge in [-0.05, 0) is 49.4 Å². The van der Waals surface area contributed by atoms with Crippen LogP contribution in [0.4, 0.5) is 0 Å². The molecule has 0 saturated heterocycles. The van der Waals surface area contributed by atoms with E-state index in [-0.39, 0.29) is 23.8 Å². The molecule has 0 radical (unpaired) electrons. The number of nitrogens with zero attached hydrogens (tertiary/aromatic N) is 1. The van der Waals surface area contributed by atoms with Gasteiger partial charge in [0.05, 0.1) is 17.8 Å². The van der Waals surface area contributed by atoms with Crippen molar-refractivity contribution in [1.29, 1.82) is 0 Å². The van der Waals surface area contributed by atoms with Crippen molar-refractivity contribution < 1.29 is 14.3 Å². The molecule has 5 rings (SSSR count). The number of H-pyrrole nitrogens is 1. The van der Waals surface area contributed by atoms with Crippen LogP contribution in [0.1, 0.15) is 68.1 Å². The Balaban J connectivity index is 1.62. The highest BCUT2D eigenvalue weighted by Gasteiger charge is 2.47. The summed E-state index contributed by atoms with van der Waals surface area (Å²) in [6.45, 7) is 9.22. The lowest BCUT2D eigenvalue weighted by Gasteiger charge is -2.36. The summed E-state index contributed by atoms with van der Waals surface area (Å²) >= 11 is 0. The summed E-state index contributed by atoms with van der Waals surface area (Å²) in [5, 5.41) is 4.18. The molecule has 3 atom stereocenters. The number of amides is 2. The Morgan fingerprint density at radius 2 is 1.68 bits per heavy atom. The molecule has 3 unspecified atom stereocenters. The molecule has 1 aromatic heterocycles. The number of carbonyl (C=O) groups excluding carboxylic acids is 2. The van der Waals surface area contributed by atoms with E-state index in [1.807, 2.05) is 73.3 Å². The van der Waals surface area contributed by atoms with Crippen LogP contribution in [-0.4, -0.2) is 47.0 Å². The molecule has 6 nitrogen and oxygen atoms in total. The number of ether oxygens (including phenoxy) is 1. The van der Waals surface area contributed by atoms with Crippen molar-refractivity contribution in [3.63, 3.8) is 0 Å². The van der Waals surface area contributed by atoms with Gasteiger partial charge in [-0.2, -0.15) is 0 Å². The quantitative estimate of drug-likeness (QED) is 0.208. The molecule has 2 N–H and O–H groups in total. The molecule has 0 fully saturated rings. The van der Waals surface area contributed by atoms with Crippen LogP contribution in [0.2, 0.25) is 0 Å². The fourth-order valence-corrected chi connectivity index (χ4v) is 5.79. The molecule has 0 aliphatic carbocycles. The normalized spacial score (nSPS) is 16.4. The number of fused-ring (bicyclic) bond motifs is 2. The summed E-state index contributed by atoms with van der Waals surface area (Å²) < 4.78 is 5.65. The van der Waals surface area contributed by atoms with Crippen LogP contribution in [0.3, 0.4) is 0 Å². The fraction of sp³-hybridized carbons (Fsp3) is 0.353. The molecule has 6 heteroatoms. The minimum Gasteiger partial charge on any atom is -0.379 e. The summed E-state index contributed by atoms with van der Waals surface area (Å²) in [5.74, 6) is -0.266. The number of hydrogen-bond acceptors (Lipinski definition) is 3. The minimum atomic E-state index is -0.627. The second-order valence-electron chi connectivity index (χ2n) is 10.9. The third-order valence-corrected chi connectivity index (χ3v) is 7.90. The number of rotatable bonds is 11. The van der Waals surface area contributed by atoms with Gasteiger partial charge in [-0.3, -0.25) is 9.59 Å². The monoisotopic (exact) mass is 537 g/mol. The number of hydrogen-bond donors (Lipinski definition) is 2. The number of aromatic nitrogens is 1. The highest BCUT2D eigenvalue weighted by Crippen LogP contribution is 2.47. The fourth-order valence-electron chi connectivity index (χ4n) is 5.79. The van der Waals surface area contributed by atoms with E-state index in [2.05, 4.69) is 48.4 Å². The average Bonchev–Trinajstić information content (AvgIpc) is 3.48. The Labute approximate surface area is 236 Å². The van der Waals surface area contributed by atoms with E-state index in [0.717, 1.165) is 46.1 Å². The molecule has 2 heterocycles. The van der Waals surface area contributed by atoms with Gasteiger partial charge >= 0.3 is 0 Å². The molecule has 3 aromatic carbocycles. The predicted octanol–water partition coefficient (Wildman–Crippen LogP) is 6.73. The van der Waals surface area contributed by atoms with Crippen LogP contribution in [0.25, 0.3) is 22.2 Å². The second kappa shape index (κ2) is 12.1. The molecule has 0 bridgehead atoms. The summed E-state index contributed by atoms with van der Waals surface area (Å²) in [7, 11) is 0. The van der Waals surface area contributed by atoms with E-state index in [9.17, 15) is 9.59 Å². The number of nitrogens with one attached hydrogen (secondary N) is 2. The number of para-hydroxylation sites is 1. The first-order valence-electron chi connectivity index (χ1n) is 14.4. The maximum Gasteiger partial charge on any atom is 0.255 e. The number of benzene rings is 3. The van der Waals surface area contributed by atoms with Crippen molar-refractivity contribution in [1.82, 2.24) is 15.2 Å². The highest BCUT2D eigenvalue weighted by atomic mass is 16.5. The van der Waals surface area contributed by atoms with E-state index in [1.54, 1.807) is 0 Å². The van der Waals surface area contributed by atoms with Crippen LogP contribution < -0.4 is 5.32 Å². The maximum atomic E-state index is 14.2. The standard InChI is InChI=1S/C34H39N3O3/c1-5-23(4)31(33(38)35-20-13-21-40-22(2)3)37-32(25-16-9-10-17-26(25)34(37)39)29-27-18-11-12-19-28(27)36-30(29)24-14-7-6-8-15-24/h6-12,14-19,22-23,31-32,36H,5,13,20-21H2,1-4H3,(H,35,38). The summed E-state index contributed by atoms with van der Waals surface area (Å²) in [6, 6.07) is 25.2. The van der Waals surface area contributed by atoms with Gasteiger partial charge in [0.15, 0.2) is 0 Å². The minimum absolute atomic E-state index is 0.0435. The molecule has 1 aliphatic heterocycles. The van der Waals surface area contributed by atoms with Gasteiger partial charge in [0.1, 0.15) is 6.04 Å². The second-order valence-corrected chi connectivity index (χ2v) is 10.9. The third-order valence-electron chi connectivity index (χ3n) is 7.90. The van der Waals surface area contributed by atoms with Crippen LogP contribution in [0.5, 0.6) is 0 Å². The van der Waals surface area contributed by atoms with E-state index in [1.165, 1.54) is 0 Å². The smallest absolute Gasteiger partial charge is 0.255 e. The van der Waals surface area contributed by atoms with Crippen LogP contribution in [-0.2, 0) is 9.53 Å². The zero-order chi connectivity index (χ0) is 28.2. The van der Waals surface area contributed by atoms with Gasteiger partial charge in [0.2, 0.25) is 5.91 Å². The first kappa shape index (κ1) is 27.7. The molecule has 208 valence electrons. The van der Waals surface area contributed by atoms with Crippen molar-refractivity contribution in [3.8, 4) is 11.3 Å². The van der Waals surface area contributed by atoms with Gasteiger partial charge in [-0.1, -0.05) is 87.0 Å². The van der Waals surface area contributed by atoms with Crippen LogP contribution in [0, 0.1) is 5.92 Å². The summed E-state index contributed by atoms with van der Waals surface area (Å²) in [5.41, 5.74) is 5.62. The Morgan fingerprint density at radius 1 is 0.975 bits per heavy atom. The highest BCUT2D eigenvalue weighted by molar-refractivity contribution is 6.04. The Bertz CT molecular complexity index is 1480. The maximum absolute atomic E-state index is 14.2. The first-order valence-corrected chi connectivity index (χ1v) is 14.4. The summed E-state index contributed by atoms with van der Waals surface area (Å²) in [4.78, 5) is 33.6. The van der Waals surface area contributed by atoms with E-state index >= 15 is 0 Å². The molecule has 1 aliphatic rings. The zero-order valence-electron chi connectivity index (χ0n) is 23.8. The van der Waals surface area contributed by atoms with E-state index in [0.29, 0.717) is 18.7 Å². The van der Waals surface area contributed by atoms with E-state index < -0.39 is 12.1 Å². The van der Waals surface area contributed by atoms with Crippen LogP contribution in [0.15, 0.2) is 78.9 Å². The van der Waals surface area contributed by atoms with Gasteiger partial charge in [-0.25, -0.2) is 0 Å². The zero-order valence-corrected chi connectivity index (χ0v) is 23.8. The lowest BCUT2D eigenvalue weighted by Crippen LogP contribution is -2.52. The molecular formula is C34H39N3O3. The lowest BCUT2D eigenvalue weighted by molar-refractivity contribution is -0.127. The van der Waals surface area contributed by atoms with Crippen molar-refractivity contribution in [2.75, 3.05) is 13.2 Å². The number of carbonyl (C=O) groups is 2. The predicted molar refractivity (Wildman–Crippen MR) is 160 cm³/mol. The van der Waals surface area contributed by atoms with Gasteiger partial charge in [0.25, 0.3) is 5.91 Å². The molecule has 40 heavy (non-hydrogen) atoms. The third kappa shape index (κ3) is 5.28. The Kier molecular flexibility index (Phi) is 8.36. The molecular weight excluding hydrogens is 498 g/mol.